The van der Waals surface area contributed by atoms with E-state index in [1.165, 1.54) is 19.3 Å². The van der Waals surface area contributed by atoms with Gasteiger partial charge in [-0.3, -0.25) is 5.32 Å². The van der Waals surface area contributed by atoms with Crippen LogP contribution >= 0.6 is 11.8 Å². The van der Waals surface area contributed by atoms with Crippen molar-refractivity contribution in [2.75, 3.05) is 6.26 Å². The van der Waals surface area contributed by atoms with Crippen molar-refractivity contribution < 1.29 is 0 Å². The van der Waals surface area contributed by atoms with Crippen LogP contribution in [0.5, 0.6) is 0 Å². The van der Waals surface area contributed by atoms with Crippen molar-refractivity contribution in [1.82, 2.24) is 5.32 Å². The third-order valence-electron chi connectivity index (χ3n) is 2.72. The van der Waals surface area contributed by atoms with Gasteiger partial charge in [-0.1, -0.05) is 6.92 Å². The van der Waals surface area contributed by atoms with Gasteiger partial charge in [0.25, 0.3) is 0 Å². The zero-order chi connectivity index (χ0) is 9.68. The van der Waals surface area contributed by atoms with Crippen molar-refractivity contribution in [3.63, 3.8) is 0 Å². The second kappa shape index (κ2) is 5.51. The smallest absolute Gasteiger partial charge is 0.0952 e. The Morgan fingerprint density at radius 3 is 2.85 bits per heavy atom. The molecule has 1 N–H and O–H groups in total. The molecule has 0 saturated heterocycles. The standard InChI is InChI=1S/C10H18N2S/c1-3-8(7-11)12-9-4-5-10(6-9)13-2/h8-10,12H,3-6H2,1-2H3. The average Bonchev–Trinajstić information content (AvgIpc) is 2.61. The molecule has 0 aromatic rings. The van der Waals surface area contributed by atoms with E-state index in [9.17, 15) is 0 Å². The van der Waals surface area contributed by atoms with E-state index in [1.807, 2.05) is 11.8 Å². The molecule has 0 bridgehead atoms. The molecule has 13 heavy (non-hydrogen) atoms. The summed E-state index contributed by atoms with van der Waals surface area (Å²) in [6.45, 7) is 2.06. The molecular weight excluding hydrogens is 180 g/mol. The molecule has 1 aliphatic carbocycles. The monoisotopic (exact) mass is 198 g/mol. The van der Waals surface area contributed by atoms with Crippen LogP contribution in [0.4, 0.5) is 0 Å². The summed E-state index contributed by atoms with van der Waals surface area (Å²) in [6.07, 6.45) is 6.87. The van der Waals surface area contributed by atoms with Gasteiger partial charge in [0.1, 0.15) is 0 Å². The maximum atomic E-state index is 8.79. The molecule has 0 radical (unpaired) electrons. The van der Waals surface area contributed by atoms with E-state index >= 15 is 0 Å². The van der Waals surface area contributed by atoms with Crippen molar-refractivity contribution in [2.45, 2.75) is 49.9 Å². The summed E-state index contributed by atoms with van der Waals surface area (Å²) in [5, 5.41) is 13.0. The van der Waals surface area contributed by atoms with Gasteiger partial charge in [0.2, 0.25) is 0 Å². The number of hydrogen-bond acceptors (Lipinski definition) is 3. The van der Waals surface area contributed by atoms with Crippen LogP contribution in [-0.4, -0.2) is 23.6 Å². The summed E-state index contributed by atoms with van der Waals surface area (Å²) in [5.74, 6) is 0. The fourth-order valence-electron chi connectivity index (χ4n) is 1.84. The average molecular weight is 198 g/mol. The topological polar surface area (TPSA) is 35.8 Å². The molecule has 74 valence electrons. The van der Waals surface area contributed by atoms with Crippen LogP contribution in [-0.2, 0) is 0 Å². The van der Waals surface area contributed by atoms with Crippen molar-refractivity contribution in [3.05, 3.63) is 0 Å². The molecule has 2 nitrogen and oxygen atoms in total. The Balaban J connectivity index is 2.27. The lowest BCUT2D eigenvalue weighted by molar-refractivity contribution is 0.475. The van der Waals surface area contributed by atoms with Crippen LogP contribution in [0.3, 0.4) is 0 Å². The Labute approximate surface area is 85.1 Å². The molecule has 0 amide bonds. The number of nitrogens with zero attached hydrogens (tertiary/aromatic N) is 1. The van der Waals surface area contributed by atoms with Crippen molar-refractivity contribution in [2.24, 2.45) is 0 Å². The van der Waals surface area contributed by atoms with E-state index in [-0.39, 0.29) is 6.04 Å². The van der Waals surface area contributed by atoms with Crippen LogP contribution in [0, 0.1) is 11.3 Å². The van der Waals surface area contributed by atoms with Gasteiger partial charge in [-0.25, -0.2) is 0 Å². The van der Waals surface area contributed by atoms with Gasteiger partial charge in [0.05, 0.1) is 12.1 Å². The summed E-state index contributed by atoms with van der Waals surface area (Å²) < 4.78 is 0. The Kier molecular flexibility index (Phi) is 4.61. The molecule has 1 saturated carbocycles. The van der Waals surface area contributed by atoms with Crippen molar-refractivity contribution in [1.29, 1.82) is 5.26 Å². The summed E-state index contributed by atoms with van der Waals surface area (Å²) >= 11 is 1.96. The highest BCUT2D eigenvalue weighted by Crippen LogP contribution is 2.28. The minimum absolute atomic E-state index is 0.0607. The Morgan fingerprint density at radius 1 is 1.62 bits per heavy atom. The molecule has 0 spiro atoms. The van der Waals surface area contributed by atoms with Gasteiger partial charge in [0.15, 0.2) is 0 Å². The minimum atomic E-state index is 0.0607. The van der Waals surface area contributed by atoms with Gasteiger partial charge in [0, 0.05) is 11.3 Å². The highest BCUT2D eigenvalue weighted by Gasteiger charge is 2.25. The largest absolute Gasteiger partial charge is 0.299 e. The second-order valence-corrected chi connectivity index (χ2v) is 4.76. The fraction of sp³-hybridized carbons (Fsp3) is 0.900. The Bertz CT molecular complexity index is 188. The number of rotatable bonds is 4. The van der Waals surface area contributed by atoms with Crippen molar-refractivity contribution >= 4 is 11.8 Å². The number of thioether (sulfide) groups is 1. The molecule has 0 aromatic heterocycles. The molecule has 0 aromatic carbocycles. The summed E-state index contributed by atoms with van der Waals surface area (Å²) in [4.78, 5) is 0. The lowest BCUT2D eigenvalue weighted by Gasteiger charge is -2.15. The third-order valence-corrected chi connectivity index (χ3v) is 3.81. The highest BCUT2D eigenvalue weighted by atomic mass is 32.2. The maximum Gasteiger partial charge on any atom is 0.0952 e. The highest BCUT2D eigenvalue weighted by molar-refractivity contribution is 7.99. The quantitative estimate of drug-likeness (QED) is 0.752. The normalized spacial score (nSPS) is 29.9. The molecule has 1 rings (SSSR count). The molecule has 1 fully saturated rings. The van der Waals surface area contributed by atoms with Gasteiger partial charge >= 0.3 is 0 Å². The number of hydrogen-bond donors (Lipinski definition) is 1. The first-order valence-corrected chi connectivity index (χ1v) is 6.27. The van der Waals surface area contributed by atoms with Gasteiger partial charge in [-0.05, 0) is 31.9 Å². The van der Waals surface area contributed by atoms with Gasteiger partial charge in [-0.15, -0.1) is 0 Å². The summed E-state index contributed by atoms with van der Waals surface area (Å²) in [6, 6.07) is 2.94. The number of nitrogens with one attached hydrogen (secondary N) is 1. The third kappa shape index (κ3) is 3.21. The lowest BCUT2D eigenvalue weighted by atomic mass is 10.2. The van der Waals surface area contributed by atoms with E-state index in [0.29, 0.717) is 6.04 Å². The van der Waals surface area contributed by atoms with Crippen LogP contribution in [0.25, 0.3) is 0 Å². The first-order chi connectivity index (χ1) is 6.30. The Hall–Kier alpha value is -0.200. The zero-order valence-corrected chi connectivity index (χ0v) is 9.23. The Morgan fingerprint density at radius 2 is 2.38 bits per heavy atom. The SMILES string of the molecule is CCC(C#N)NC1CCC(SC)C1. The predicted octanol–water partition coefficient (Wildman–Crippen LogP) is 2.16. The fourth-order valence-corrected chi connectivity index (χ4v) is 2.63. The van der Waals surface area contributed by atoms with Crippen LogP contribution in [0.2, 0.25) is 0 Å². The summed E-state index contributed by atoms with van der Waals surface area (Å²) in [5.41, 5.74) is 0. The van der Waals surface area contributed by atoms with E-state index in [4.69, 9.17) is 5.26 Å². The van der Waals surface area contributed by atoms with Gasteiger partial charge < -0.3 is 0 Å². The molecule has 0 aliphatic heterocycles. The molecule has 3 heteroatoms. The molecule has 0 heterocycles. The lowest BCUT2D eigenvalue weighted by Crippen LogP contribution is -2.35. The molecule has 3 unspecified atom stereocenters. The first kappa shape index (κ1) is 10.9. The molecule has 1 aliphatic rings. The van der Waals surface area contributed by atoms with Gasteiger partial charge in [-0.2, -0.15) is 17.0 Å². The van der Waals surface area contributed by atoms with Crippen molar-refractivity contribution in [3.8, 4) is 6.07 Å². The van der Waals surface area contributed by atoms with Crippen LogP contribution in [0.15, 0.2) is 0 Å². The number of nitriles is 1. The zero-order valence-electron chi connectivity index (χ0n) is 8.42. The van der Waals surface area contributed by atoms with Crippen LogP contribution < -0.4 is 5.32 Å². The molecular formula is C10H18N2S. The van der Waals surface area contributed by atoms with Crippen LogP contribution in [0.1, 0.15) is 32.6 Å². The van der Waals surface area contributed by atoms with E-state index < -0.39 is 0 Å². The molecule has 3 atom stereocenters. The second-order valence-electron chi connectivity index (χ2n) is 3.62. The maximum absolute atomic E-state index is 8.79. The minimum Gasteiger partial charge on any atom is -0.299 e. The predicted molar refractivity (Wildman–Crippen MR) is 57.8 cm³/mol. The summed E-state index contributed by atoms with van der Waals surface area (Å²) in [7, 11) is 0. The van der Waals surface area contributed by atoms with E-state index in [1.54, 1.807) is 0 Å². The van der Waals surface area contributed by atoms with E-state index in [2.05, 4.69) is 24.6 Å². The first-order valence-electron chi connectivity index (χ1n) is 4.98. The van der Waals surface area contributed by atoms with E-state index in [0.717, 1.165) is 11.7 Å².